The second-order valence-electron chi connectivity index (χ2n) is 6.37. The van der Waals surface area contributed by atoms with E-state index in [9.17, 15) is 4.79 Å². The van der Waals surface area contributed by atoms with Crippen molar-refractivity contribution in [3.63, 3.8) is 0 Å². The van der Waals surface area contributed by atoms with Gasteiger partial charge in [0.15, 0.2) is 0 Å². The van der Waals surface area contributed by atoms with Crippen LogP contribution in [0.5, 0.6) is 0 Å². The van der Waals surface area contributed by atoms with Gasteiger partial charge in [0.2, 0.25) is 0 Å². The molecule has 1 aromatic heterocycles. The summed E-state index contributed by atoms with van der Waals surface area (Å²) in [5.41, 5.74) is 5.47. The van der Waals surface area contributed by atoms with Crippen LogP contribution in [0.2, 0.25) is 0 Å². The van der Waals surface area contributed by atoms with Crippen LogP contribution < -0.4 is 0 Å². The van der Waals surface area contributed by atoms with Gasteiger partial charge in [0.25, 0.3) is 0 Å². The van der Waals surface area contributed by atoms with Gasteiger partial charge < -0.3 is 4.74 Å². The number of benzene rings is 2. The number of hydrogen-bond acceptors (Lipinski definition) is 3. The van der Waals surface area contributed by atoms with Crippen LogP contribution in [0.25, 0.3) is 22.2 Å². The SMILES string of the molecule is COC(=O)c1c(C)c(-c2ccccc2)nc2ccc(C3CC3)cc12. The molecular weight excluding hydrogens is 298 g/mol. The Bertz CT molecular complexity index is 927. The summed E-state index contributed by atoms with van der Waals surface area (Å²) in [6, 6.07) is 16.3. The average Bonchev–Trinajstić information content (AvgIpc) is 3.46. The van der Waals surface area contributed by atoms with Crippen molar-refractivity contribution in [3.8, 4) is 11.3 Å². The van der Waals surface area contributed by atoms with Gasteiger partial charge in [-0.15, -0.1) is 0 Å². The van der Waals surface area contributed by atoms with Crippen LogP contribution >= 0.6 is 0 Å². The zero-order valence-corrected chi connectivity index (χ0v) is 13.9. The predicted octanol–water partition coefficient (Wildman–Crippen LogP) is 4.87. The molecule has 3 heteroatoms. The first kappa shape index (κ1) is 14.9. The molecule has 1 saturated carbocycles. The Kier molecular flexibility index (Phi) is 3.57. The molecule has 2 aromatic carbocycles. The lowest BCUT2D eigenvalue weighted by molar-refractivity contribution is 0.0602. The summed E-state index contributed by atoms with van der Waals surface area (Å²) < 4.78 is 5.07. The molecule has 1 heterocycles. The van der Waals surface area contributed by atoms with E-state index in [1.54, 1.807) is 0 Å². The third-order valence-electron chi connectivity index (χ3n) is 4.74. The lowest BCUT2D eigenvalue weighted by Gasteiger charge is -2.14. The number of carbonyl (C=O) groups excluding carboxylic acids is 1. The number of pyridine rings is 1. The Balaban J connectivity index is 2.01. The Morgan fingerprint density at radius 2 is 1.88 bits per heavy atom. The van der Waals surface area contributed by atoms with Gasteiger partial charge in [0.1, 0.15) is 0 Å². The topological polar surface area (TPSA) is 39.2 Å². The first-order valence-electron chi connectivity index (χ1n) is 8.27. The molecule has 24 heavy (non-hydrogen) atoms. The maximum atomic E-state index is 12.5. The summed E-state index contributed by atoms with van der Waals surface area (Å²) in [5.74, 6) is 0.332. The van der Waals surface area contributed by atoms with Gasteiger partial charge in [-0.25, -0.2) is 9.78 Å². The molecule has 0 atom stereocenters. The molecule has 0 unspecified atom stereocenters. The highest BCUT2D eigenvalue weighted by Gasteiger charge is 2.25. The number of rotatable bonds is 3. The molecule has 0 spiro atoms. The highest BCUT2D eigenvalue weighted by atomic mass is 16.5. The van der Waals surface area contributed by atoms with Crippen molar-refractivity contribution >= 4 is 16.9 Å². The summed E-state index contributed by atoms with van der Waals surface area (Å²) in [6.45, 7) is 1.95. The number of hydrogen-bond donors (Lipinski definition) is 0. The fourth-order valence-electron chi connectivity index (χ4n) is 3.29. The Morgan fingerprint density at radius 3 is 2.54 bits per heavy atom. The molecule has 120 valence electrons. The van der Waals surface area contributed by atoms with Crippen LogP contribution in [0.3, 0.4) is 0 Å². The van der Waals surface area contributed by atoms with Gasteiger partial charge >= 0.3 is 5.97 Å². The van der Waals surface area contributed by atoms with Crippen LogP contribution in [0.4, 0.5) is 0 Å². The van der Waals surface area contributed by atoms with Gasteiger partial charge in [-0.1, -0.05) is 36.4 Å². The minimum atomic E-state index is -0.301. The van der Waals surface area contributed by atoms with Gasteiger partial charge in [0.05, 0.1) is 23.9 Å². The van der Waals surface area contributed by atoms with Crippen molar-refractivity contribution in [2.45, 2.75) is 25.7 Å². The highest BCUT2D eigenvalue weighted by Crippen LogP contribution is 2.41. The van der Waals surface area contributed by atoms with E-state index in [0.29, 0.717) is 11.5 Å². The van der Waals surface area contributed by atoms with Crippen LogP contribution in [0.1, 0.15) is 40.2 Å². The third kappa shape index (κ3) is 2.46. The van der Waals surface area contributed by atoms with Gasteiger partial charge in [-0.3, -0.25) is 0 Å². The van der Waals surface area contributed by atoms with E-state index in [0.717, 1.165) is 27.7 Å². The first-order valence-corrected chi connectivity index (χ1v) is 8.27. The molecule has 1 fully saturated rings. The van der Waals surface area contributed by atoms with Crippen molar-refractivity contribution < 1.29 is 9.53 Å². The largest absolute Gasteiger partial charge is 0.465 e. The number of methoxy groups -OCH3 is 1. The van der Waals surface area contributed by atoms with Crippen LogP contribution in [0, 0.1) is 6.92 Å². The molecule has 1 aliphatic carbocycles. The number of fused-ring (bicyclic) bond motifs is 1. The molecule has 0 aliphatic heterocycles. The maximum Gasteiger partial charge on any atom is 0.338 e. The number of esters is 1. The van der Waals surface area contributed by atoms with Crippen molar-refractivity contribution in [1.29, 1.82) is 0 Å². The Morgan fingerprint density at radius 1 is 1.12 bits per heavy atom. The molecule has 4 rings (SSSR count). The van der Waals surface area contributed by atoms with Crippen LogP contribution in [0.15, 0.2) is 48.5 Å². The molecule has 0 N–H and O–H groups in total. The highest BCUT2D eigenvalue weighted by molar-refractivity contribution is 6.06. The lowest BCUT2D eigenvalue weighted by atomic mass is 9.96. The second-order valence-corrected chi connectivity index (χ2v) is 6.37. The summed E-state index contributed by atoms with van der Waals surface area (Å²) >= 11 is 0. The zero-order valence-electron chi connectivity index (χ0n) is 13.9. The summed E-state index contributed by atoms with van der Waals surface area (Å²) in [7, 11) is 1.43. The van der Waals surface area contributed by atoms with Crippen molar-refractivity contribution in [1.82, 2.24) is 4.98 Å². The Hall–Kier alpha value is -2.68. The lowest BCUT2D eigenvalue weighted by Crippen LogP contribution is -2.08. The number of ether oxygens (including phenoxy) is 1. The van der Waals surface area contributed by atoms with E-state index in [1.165, 1.54) is 25.5 Å². The first-order chi connectivity index (χ1) is 11.7. The van der Waals surface area contributed by atoms with Gasteiger partial charge in [-0.2, -0.15) is 0 Å². The minimum absolute atomic E-state index is 0.301. The fourth-order valence-corrected chi connectivity index (χ4v) is 3.29. The van der Waals surface area contributed by atoms with Crippen molar-refractivity contribution in [3.05, 3.63) is 65.2 Å². The molecule has 0 bridgehead atoms. The third-order valence-corrected chi connectivity index (χ3v) is 4.74. The van der Waals surface area contributed by atoms with Gasteiger partial charge in [-0.05, 0) is 48.9 Å². The summed E-state index contributed by atoms with van der Waals surface area (Å²) in [5, 5.41) is 0.892. The second kappa shape index (κ2) is 5.75. The van der Waals surface area contributed by atoms with Crippen molar-refractivity contribution in [2.24, 2.45) is 0 Å². The molecule has 3 nitrogen and oxygen atoms in total. The molecule has 0 radical (unpaired) electrons. The van der Waals surface area contributed by atoms with E-state index in [4.69, 9.17) is 9.72 Å². The Labute approximate surface area is 141 Å². The molecule has 0 saturated heterocycles. The van der Waals surface area contributed by atoms with Gasteiger partial charge in [0, 0.05) is 10.9 Å². The fraction of sp³-hybridized carbons (Fsp3) is 0.238. The molecule has 3 aromatic rings. The van der Waals surface area contributed by atoms with E-state index in [1.807, 2.05) is 43.3 Å². The number of aromatic nitrogens is 1. The van der Waals surface area contributed by atoms with E-state index < -0.39 is 0 Å². The molecule has 1 aliphatic rings. The normalized spacial score (nSPS) is 13.9. The van der Waals surface area contributed by atoms with Crippen LogP contribution in [-0.2, 0) is 4.74 Å². The van der Waals surface area contributed by atoms with E-state index in [-0.39, 0.29) is 5.97 Å². The maximum absolute atomic E-state index is 12.5. The number of carbonyl (C=O) groups is 1. The molecule has 0 amide bonds. The standard InChI is InChI=1S/C21H19NO2/c1-13-19(21(23)24-2)17-12-16(14-8-9-14)10-11-18(17)22-20(13)15-6-4-3-5-7-15/h3-7,10-12,14H,8-9H2,1-2H3. The van der Waals surface area contributed by atoms with E-state index >= 15 is 0 Å². The summed E-state index contributed by atoms with van der Waals surface area (Å²) in [6.07, 6.45) is 2.46. The zero-order chi connectivity index (χ0) is 16.7. The predicted molar refractivity (Wildman–Crippen MR) is 95.2 cm³/mol. The minimum Gasteiger partial charge on any atom is -0.465 e. The quantitative estimate of drug-likeness (QED) is 0.647. The van der Waals surface area contributed by atoms with Crippen LogP contribution in [-0.4, -0.2) is 18.1 Å². The van der Waals surface area contributed by atoms with Crippen molar-refractivity contribution in [2.75, 3.05) is 7.11 Å². The smallest absolute Gasteiger partial charge is 0.338 e. The number of nitrogens with zero attached hydrogens (tertiary/aromatic N) is 1. The summed E-state index contributed by atoms with van der Waals surface area (Å²) in [4.78, 5) is 17.3. The van der Waals surface area contributed by atoms with E-state index in [2.05, 4.69) is 12.1 Å². The average molecular weight is 317 g/mol. The monoisotopic (exact) mass is 317 g/mol. The molecular formula is C21H19NO2.